The van der Waals surface area contributed by atoms with Crippen LogP contribution in [0.5, 0.6) is 5.75 Å². The number of para-hydroxylation sites is 1. The number of nitro benzene ring substituents is 1. The van der Waals surface area contributed by atoms with Crippen LogP contribution in [0.1, 0.15) is 6.92 Å². The first-order chi connectivity index (χ1) is 11.5. The van der Waals surface area contributed by atoms with E-state index in [0.717, 1.165) is 0 Å². The predicted octanol–water partition coefficient (Wildman–Crippen LogP) is 2.69. The van der Waals surface area contributed by atoms with Crippen molar-refractivity contribution in [1.29, 1.82) is 0 Å². The van der Waals surface area contributed by atoms with Crippen LogP contribution in [-0.4, -0.2) is 15.9 Å². The zero-order valence-corrected chi connectivity index (χ0v) is 12.4. The lowest BCUT2D eigenvalue weighted by atomic mass is 10.1. The monoisotopic (exact) mass is 326 g/mol. The first kappa shape index (κ1) is 15.3. The van der Waals surface area contributed by atoms with E-state index >= 15 is 0 Å². The van der Waals surface area contributed by atoms with Crippen molar-refractivity contribution in [3.8, 4) is 17.2 Å². The summed E-state index contributed by atoms with van der Waals surface area (Å²) in [5, 5.41) is 10.8. The topological polar surface area (TPSA) is 113 Å². The lowest BCUT2D eigenvalue weighted by Gasteiger charge is -2.07. The molecule has 0 radical (unpaired) electrons. The van der Waals surface area contributed by atoms with Crippen LogP contribution in [0.2, 0.25) is 0 Å². The minimum Gasteiger partial charge on any atom is -0.426 e. The molecule has 0 saturated heterocycles. The first-order valence-corrected chi connectivity index (χ1v) is 6.83. The van der Waals surface area contributed by atoms with Gasteiger partial charge < -0.3 is 9.15 Å². The third-order valence-corrected chi connectivity index (χ3v) is 3.20. The lowest BCUT2D eigenvalue weighted by molar-refractivity contribution is -0.383. The summed E-state index contributed by atoms with van der Waals surface area (Å²) in [5.74, 6) is -0.462. The number of esters is 1. The molecule has 1 heterocycles. The SMILES string of the molecule is CC(=O)Oc1ccccc1-c1nc2cccc([N+](=O)[O-])c2c(=O)o1. The molecule has 120 valence electrons. The van der Waals surface area contributed by atoms with Gasteiger partial charge in [0.05, 0.1) is 16.0 Å². The number of carbonyl (C=O) groups excluding carboxylic acids is 1. The molecule has 0 unspecified atom stereocenters. The molecule has 0 bridgehead atoms. The Morgan fingerprint density at radius 2 is 1.96 bits per heavy atom. The summed E-state index contributed by atoms with van der Waals surface area (Å²) in [6.45, 7) is 1.24. The van der Waals surface area contributed by atoms with Gasteiger partial charge >= 0.3 is 11.6 Å². The quantitative estimate of drug-likeness (QED) is 0.315. The molecule has 0 atom stereocenters. The Morgan fingerprint density at radius 1 is 1.21 bits per heavy atom. The van der Waals surface area contributed by atoms with Crippen molar-refractivity contribution >= 4 is 22.6 Å². The van der Waals surface area contributed by atoms with Gasteiger partial charge in [-0.25, -0.2) is 9.78 Å². The average molecular weight is 326 g/mol. The predicted molar refractivity (Wildman–Crippen MR) is 83.7 cm³/mol. The number of benzene rings is 2. The highest BCUT2D eigenvalue weighted by Crippen LogP contribution is 2.30. The Labute approximate surface area is 134 Å². The second-order valence-electron chi connectivity index (χ2n) is 4.82. The molecule has 0 aliphatic heterocycles. The zero-order chi connectivity index (χ0) is 17.3. The number of hydrogen-bond acceptors (Lipinski definition) is 7. The normalized spacial score (nSPS) is 10.5. The summed E-state index contributed by atoms with van der Waals surface area (Å²) >= 11 is 0. The summed E-state index contributed by atoms with van der Waals surface area (Å²) < 4.78 is 10.2. The van der Waals surface area contributed by atoms with Crippen LogP contribution in [0.15, 0.2) is 51.7 Å². The number of nitrogens with zero attached hydrogens (tertiary/aromatic N) is 2. The molecular formula is C16H10N2O6. The van der Waals surface area contributed by atoms with Crippen LogP contribution < -0.4 is 10.4 Å². The fourth-order valence-electron chi connectivity index (χ4n) is 2.26. The average Bonchev–Trinajstić information content (AvgIpc) is 2.54. The van der Waals surface area contributed by atoms with E-state index in [1.165, 1.54) is 31.2 Å². The van der Waals surface area contributed by atoms with Gasteiger partial charge in [-0.05, 0) is 18.2 Å². The minimum atomic E-state index is -0.889. The van der Waals surface area contributed by atoms with Crippen molar-refractivity contribution in [2.24, 2.45) is 0 Å². The molecule has 8 heteroatoms. The van der Waals surface area contributed by atoms with Crippen molar-refractivity contribution in [1.82, 2.24) is 4.98 Å². The largest absolute Gasteiger partial charge is 0.426 e. The molecule has 24 heavy (non-hydrogen) atoms. The van der Waals surface area contributed by atoms with Crippen LogP contribution in [-0.2, 0) is 4.79 Å². The molecule has 0 amide bonds. The highest BCUT2D eigenvalue weighted by molar-refractivity contribution is 5.87. The van der Waals surface area contributed by atoms with E-state index < -0.39 is 16.5 Å². The van der Waals surface area contributed by atoms with Crippen molar-refractivity contribution in [2.45, 2.75) is 6.92 Å². The van der Waals surface area contributed by atoms with Crippen molar-refractivity contribution < 1.29 is 18.9 Å². The van der Waals surface area contributed by atoms with E-state index in [9.17, 15) is 19.7 Å². The van der Waals surface area contributed by atoms with Crippen LogP contribution in [0, 0.1) is 10.1 Å². The smallest absolute Gasteiger partial charge is 0.354 e. The van der Waals surface area contributed by atoms with Gasteiger partial charge in [-0.2, -0.15) is 0 Å². The number of hydrogen-bond donors (Lipinski definition) is 0. The maximum Gasteiger partial charge on any atom is 0.354 e. The van der Waals surface area contributed by atoms with E-state index in [1.807, 2.05) is 0 Å². The molecule has 0 N–H and O–H groups in total. The Morgan fingerprint density at radius 3 is 2.67 bits per heavy atom. The molecule has 0 fully saturated rings. The second-order valence-corrected chi connectivity index (χ2v) is 4.82. The van der Waals surface area contributed by atoms with Gasteiger partial charge in [0.15, 0.2) is 5.39 Å². The van der Waals surface area contributed by atoms with E-state index in [-0.39, 0.29) is 28.2 Å². The zero-order valence-electron chi connectivity index (χ0n) is 12.4. The summed E-state index contributed by atoms with van der Waals surface area (Å²) in [6, 6.07) is 10.5. The Kier molecular flexibility index (Phi) is 3.78. The molecule has 0 aliphatic rings. The van der Waals surface area contributed by atoms with Gasteiger partial charge in [0.1, 0.15) is 5.75 Å². The first-order valence-electron chi connectivity index (χ1n) is 6.83. The van der Waals surface area contributed by atoms with Gasteiger partial charge in [-0.3, -0.25) is 14.9 Å². The highest BCUT2D eigenvalue weighted by Gasteiger charge is 2.20. The summed E-state index contributed by atoms with van der Waals surface area (Å²) in [5.41, 5.74) is -0.861. The minimum absolute atomic E-state index is 0.0927. The molecular weight excluding hydrogens is 316 g/mol. The number of nitro groups is 1. The molecule has 0 aliphatic carbocycles. The van der Waals surface area contributed by atoms with E-state index in [0.29, 0.717) is 5.56 Å². The standard InChI is InChI=1S/C16H10N2O6/c1-9(19)23-13-8-3-2-5-10(13)15-17-11-6-4-7-12(18(21)22)14(11)16(20)24-15/h2-8H,1H3. The van der Waals surface area contributed by atoms with Crippen molar-refractivity contribution in [3.05, 3.63) is 63.0 Å². The summed E-state index contributed by atoms with van der Waals surface area (Å²) in [4.78, 5) is 37.9. The number of fused-ring (bicyclic) bond motifs is 1. The van der Waals surface area contributed by atoms with E-state index in [4.69, 9.17) is 9.15 Å². The van der Waals surface area contributed by atoms with Crippen LogP contribution >= 0.6 is 0 Å². The fourth-order valence-corrected chi connectivity index (χ4v) is 2.26. The van der Waals surface area contributed by atoms with E-state index in [1.54, 1.807) is 18.2 Å². The van der Waals surface area contributed by atoms with Crippen molar-refractivity contribution in [3.63, 3.8) is 0 Å². The second kappa shape index (κ2) is 5.92. The van der Waals surface area contributed by atoms with Gasteiger partial charge in [-0.1, -0.05) is 18.2 Å². The Bertz CT molecular complexity index is 1020. The fraction of sp³-hybridized carbons (Fsp3) is 0.0625. The molecule has 3 aromatic rings. The van der Waals surface area contributed by atoms with Crippen LogP contribution in [0.3, 0.4) is 0 Å². The maximum atomic E-state index is 12.2. The van der Waals surface area contributed by atoms with Gasteiger partial charge in [-0.15, -0.1) is 0 Å². The molecule has 3 rings (SSSR count). The van der Waals surface area contributed by atoms with Gasteiger partial charge in [0, 0.05) is 13.0 Å². The van der Waals surface area contributed by atoms with Crippen LogP contribution in [0.25, 0.3) is 22.4 Å². The number of ether oxygens (including phenoxy) is 1. The highest BCUT2D eigenvalue weighted by atomic mass is 16.6. The Balaban J connectivity index is 2.25. The molecule has 2 aromatic carbocycles. The third kappa shape index (κ3) is 2.72. The molecule has 0 saturated carbocycles. The number of carbonyl (C=O) groups is 1. The Hall–Kier alpha value is -3.55. The molecule has 0 spiro atoms. The third-order valence-electron chi connectivity index (χ3n) is 3.20. The van der Waals surface area contributed by atoms with E-state index in [2.05, 4.69) is 4.98 Å². The number of rotatable bonds is 3. The van der Waals surface area contributed by atoms with Gasteiger partial charge in [0.25, 0.3) is 5.69 Å². The summed E-state index contributed by atoms with van der Waals surface area (Å²) in [6.07, 6.45) is 0. The lowest BCUT2D eigenvalue weighted by Crippen LogP contribution is -2.07. The molecule has 8 nitrogen and oxygen atoms in total. The molecule has 1 aromatic heterocycles. The van der Waals surface area contributed by atoms with Crippen molar-refractivity contribution in [2.75, 3.05) is 0 Å². The maximum absolute atomic E-state index is 12.2. The number of aromatic nitrogens is 1. The summed E-state index contributed by atoms with van der Waals surface area (Å²) in [7, 11) is 0. The van der Waals surface area contributed by atoms with Crippen LogP contribution in [0.4, 0.5) is 5.69 Å². The number of non-ortho nitro benzene ring substituents is 1. The van der Waals surface area contributed by atoms with Gasteiger partial charge in [0.2, 0.25) is 5.89 Å².